The number of phenols is 1. The van der Waals surface area contributed by atoms with Crippen LogP contribution in [0.25, 0.3) is 21.5 Å². The van der Waals surface area contributed by atoms with E-state index in [1.165, 1.54) is 0 Å². The summed E-state index contributed by atoms with van der Waals surface area (Å²) >= 11 is 0. The molecule has 1 atom stereocenters. The van der Waals surface area contributed by atoms with Gasteiger partial charge in [0.05, 0.1) is 0 Å². The third-order valence-corrected chi connectivity index (χ3v) is 5.79. The molecular weight excluding hydrogens is 358 g/mol. The number of hydrogen-bond donors (Lipinski definition) is 2. The first kappa shape index (κ1) is 17.1. The van der Waals surface area contributed by atoms with Crippen molar-refractivity contribution < 1.29 is 24.5 Å². The highest BCUT2D eigenvalue weighted by molar-refractivity contribution is 6.10. The number of rotatable bonds is 3. The van der Waals surface area contributed by atoms with E-state index in [2.05, 4.69) is 6.07 Å². The van der Waals surface area contributed by atoms with Crippen LogP contribution in [0.3, 0.4) is 0 Å². The Morgan fingerprint density at radius 2 is 1.86 bits per heavy atom. The van der Waals surface area contributed by atoms with Gasteiger partial charge in [-0.2, -0.15) is 0 Å². The molecule has 2 aliphatic heterocycles. The van der Waals surface area contributed by atoms with Crippen molar-refractivity contribution in [3.63, 3.8) is 0 Å². The quantitative estimate of drug-likeness (QED) is 0.673. The lowest BCUT2D eigenvalue weighted by atomic mass is 9.94. The predicted molar refractivity (Wildman–Crippen MR) is 105 cm³/mol. The smallest absolute Gasteiger partial charge is 0.320 e. The molecule has 0 bridgehead atoms. The first-order valence-corrected chi connectivity index (χ1v) is 9.55. The molecule has 0 amide bonds. The van der Waals surface area contributed by atoms with Crippen LogP contribution in [0.4, 0.5) is 0 Å². The maximum atomic E-state index is 11.7. The van der Waals surface area contributed by atoms with Crippen LogP contribution < -0.4 is 9.47 Å². The number of hydrogen-bond acceptors (Lipinski definition) is 5. The zero-order chi connectivity index (χ0) is 19.3. The molecule has 2 N–H and O–H groups in total. The molecule has 0 aliphatic carbocycles. The van der Waals surface area contributed by atoms with Crippen molar-refractivity contribution in [3.8, 4) is 17.2 Å². The molecule has 1 saturated heterocycles. The SMILES string of the molecule is O=C(O)[C@H]1CCCCN1Cc1cc2cc3c(cc2c2cc(O)ccc12)OCO3. The topological polar surface area (TPSA) is 79.2 Å². The van der Waals surface area contributed by atoms with Crippen molar-refractivity contribution in [1.29, 1.82) is 0 Å². The van der Waals surface area contributed by atoms with Crippen LogP contribution in [-0.2, 0) is 11.3 Å². The maximum Gasteiger partial charge on any atom is 0.320 e. The lowest BCUT2D eigenvalue weighted by Crippen LogP contribution is -2.44. The second kappa shape index (κ2) is 6.56. The number of ether oxygens (including phenoxy) is 2. The van der Waals surface area contributed by atoms with E-state index in [0.717, 1.165) is 46.5 Å². The Labute approximate surface area is 161 Å². The van der Waals surface area contributed by atoms with Gasteiger partial charge >= 0.3 is 5.97 Å². The van der Waals surface area contributed by atoms with Crippen LogP contribution in [0, 0.1) is 0 Å². The normalized spacial score (nSPS) is 19.4. The van der Waals surface area contributed by atoms with E-state index in [1.54, 1.807) is 12.1 Å². The number of phenolic OH excluding ortho intramolecular Hbond substituents is 1. The van der Waals surface area contributed by atoms with E-state index in [-0.39, 0.29) is 12.5 Å². The molecule has 0 aromatic heterocycles. The molecule has 2 heterocycles. The molecule has 6 nitrogen and oxygen atoms in total. The fourth-order valence-corrected chi connectivity index (χ4v) is 4.42. The number of aromatic hydroxyl groups is 1. The Bertz CT molecular complexity index is 1090. The van der Waals surface area contributed by atoms with Crippen molar-refractivity contribution in [2.24, 2.45) is 0 Å². The van der Waals surface area contributed by atoms with Crippen LogP contribution in [0.2, 0.25) is 0 Å². The molecule has 2 aliphatic rings. The van der Waals surface area contributed by atoms with Crippen LogP contribution in [0.1, 0.15) is 24.8 Å². The monoisotopic (exact) mass is 379 g/mol. The van der Waals surface area contributed by atoms with E-state index < -0.39 is 12.0 Å². The lowest BCUT2D eigenvalue weighted by molar-refractivity contribution is -0.144. The summed E-state index contributed by atoms with van der Waals surface area (Å²) in [6.07, 6.45) is 2.64. The van der Waals surface area contributed by atoms with Gasteiger partial charge in [0.25, 0.3) is 0 Å². The summed E-state index contributed by atoms with van der Waals surface area (Å²) in [7, 11) is 0. The standard InChI is InChI=1S/C22H21NO5/c24-15-4-5-16-14(11-23-6-2-1-3-19(23)22(25)26)7-13-8-20-21(28-12-27-20)10-17(13)18(16)9-15/h4-5,7-10,19,24H,1-3,6,11-12H2,(H,25,26)/t19-/m1/s1. The molecule has 3 aromatic carbocycles. The number of fused-ring (bicyclic) bond motifs is 4. The summed E-state index contributed by atoms with van der Waals surface area (Å²) in [5.41, 5.74) is 1.05. The zero-order valence-corrected chi connectivity index (χ0v) is 15.4. The van der Waals surface area contributed by atoms with Gasteiger partial charge in [-0.25, -0.2) is 0 Å². The van der Waals surface area contributed by atoms with Crippen LogP contribution in [0.15, 0.2) is 36.4 Å². The molecule has 0 saturated carbocycles. The first-order valence-electron chi connectivity index (χ1n) is 9.55. The van der Waals surface area contributed by atoms with Crippen LogP contribution in [0.5, 0.6) is 17.2 Å². The molecule has 0 spiro atoms. The average molecular weight is 379 g/mol. The second-order valence-corrected chi connectivity index (χ2v) is 7.51. The predicted octanol–water partition coefficient (Wildman–Crippen LogP) is 3.87. The molecule has 0 unspecified atom stereocenters. The Morgan fingerprint density at radius 1 is 1.04 bits per heavy atom. The molecule has 0 radical (unpaired) electrons. The van der Waals surface area contributed by atoms with Crippen molar-refractivity contribution in [2.75, 3.05) is 13.3 Å². The minimum absolute atomic E-state index is 0.199. The Hall–Kier alpha value is -2.99. The molecule has 5 rings (SSSR count). The van der Waals surface area contributed by atoms with Gasteiger partial charge < -0.3 is 19.7 Å². The molecule has 3 aromatic rings. The van der Waals surface area contributed by atoms with Crippen LogP contribution >= 0.6 is 0 Å². The molecular formula is C22H21NO5. The number of piperidine rings is 1. The second-order valence-electron chi connectivity index (χ2n) is 7.51. The number of carbonyl (C=O) groups is 1. The van der Waals surface area contributed by atoms with E-state index in [0.29, 0.717) is 24.5 Å². The maximum absolute atomic E-state index is 11.7. The van der Waals surface area contributed by atoms with Gasteiger partial charge in [-0.15, -0.1) is 0 Å². The van der Waals surface area contributed by atoms with Crippen LogP contribution in [-0.4, -0.2) is 40.5 Å². The molecule has 144 valence electrons. The van der Waals surface area contributed by atoms with Crippen molar-refractivity contribution >= 4 is 27.5 Å². The molecule has 6 heteroatoms. The number of carboxylic acid groups (broad SMARTS) is 1. The van der Waals surface area contributed by atoms with Gasteiger partial charge in [0.15, 0.2) is 11.5 Å². The van der Waals surface area contributed by atoms with Gasteiger partial charge in [0.2, 0.25) is 6.79 Å². The summed E-state index contributed by atoms with van der Waals surface area (Å²) in [6, 6.07) is 10.9. The third-order valence-electron chi connectivity index (χ3n) is 5.79. The minimum atomic E-state index is -0.759. The van der Waals surface area contributed by atoms with Gasteiger partial charge in [-0.05, 0) is 76.8 Å². The Morgan fingerprint density at radius 3 is 2.68 bits per heavy atom. The van der Waals surface area contributed by atoms with Crippen molar-refractivity contribution in [2.45, 2.75) is 31.8 Å². The van der Waals surface area contributed by atoms with Gasteiger partial charge in [0.1, 0.15) is 11.8 Å². The third kappa shape index (κ3) is 2.81. The Kier molecular flexibility index (Phi) is 4.02. The summed E-state index contributed by atoms with van der Waals surface area (Å²) < 4.78 is 11.0. The average Bonchev–Trinajstić information content (AvgIpc) is 3.14. The summed E-state index contributed by atoms with van der Waals surface area (Å²) in [5.74, 6) is 0.849. The van der Waals surface area contributed by atoms with E-state index in [4.69, 9.17) is 9.47 Å². The fourth-order valence-electron chi connectivity index (χ4n) is 4.42. The van der Waals surface area contributed by atoms with Gasteiger partial charge in [-0.3, -0.25) is 9.69 Å². The number of likely N-dealkylation sites (tertiary alicyclic amines) is 1. The van der Waals surface area contributed by atoms with E-state index in [9.17, 15) is 15.0 Å². The highest BCUT2D eigenvalue weighted by Crippen LogP contribution is 2.40. The van der Waals surface area contributed by atoms with Gasteiger partial charge in [-0.1, -0.05) is 12.5 Å². The zero-order valence-electron chi connectivity index (χ0n) is 15.4. The summed E-state index contributed by atoms with van der Waals surface area (Å²) in [6.45, 7) is 1.54. The number of aliphatic carboxylic acids is 1. The fraction of sp³-hybridized carbons (Fsp3) is 0.318. The van der Waals surface area contributed by atoms with E-state index >= 15 is 0 Å². The van der Waals surface area contributed by atoms with Gasteiger partial charge in [0, 0.05) is 6.54 Å². The molecule has 28 heavy (non-hydrogen) atoms. The highest BCUT2D eigenvalue weighted by atomic mass is 16.7. The van der Waals surface area contributed by atoms with Crippen molar-refractivity contribution in [3.05, 3.63) is 42.0 Å². The summed E-state index contributed by atoms with van der Waals surface area (Å²) in [4.78, 5) is 13.7. The number of carboxylic acids is 1. The number of benzene rings is 3. The minimum Gasteiger partial charge on any atom is -0.508 e. The first-order chi connectivity index (χ1) is 13.6. The number of nitrogens with zero attached hydrogens (tertiary/aromatic N) is 1. The molecule has 1 fully saturated rings. The van der Waals surface area contributed by atoms with Crippen molar-refractivity contribution in [1.82, 2.24) is 4.90 Å². The Balaban J connectivity index is 1.67. The summed E-state index contributed by atoms with van der Waals surface area (Å²) in [5, 5.41) is 23.6. The highest BCUT2D eigenvalue weighted by Gasteiger charge is 2.29. The lowest BCUT2D eigenvalue weighted by Gasteiger charge is -2.33. The van der Waals surface area contributed by atoms with E-state index in [1.807, 2.05) is 23.1 Å². The largest absolute Gasteiger partial charge is 0.508 e.